The summed E-state index contributed by atoms with van der Waals surface area (Å²) in [5.74, 6) is 0. The molecule has 4 heteroatoms. The molecule has 122 valence electrons. The number of rotatable bonds is 7. The van der Waals surface area contributed by atoms with Crippen LogP contribution in [0.5, 0.6) is 0 Å². The molecule has 0 aliphatic carbocycles. The Balaban J connectivity index is 5.09. The second kappa shape index (κ2) is 6.73. The monoisotopic (exact) mass is 290 g/mol. The van der Waals surface area contributed by atoms with E-state index in [1.807, 2.05) is 0 Å². The minimum Gasteiger partial charge on any atom is -0.252 e. The molecule has 0 aliphatic heterocycles. The van der Waals surface area contributed by atoms with Gasteiger partial charge in [-0.05, 0) is 34.5 Å². The van der Waals surface area contributed by atoms with Crippen molar-refractivity contribution in [2.75, 3.05) is 13.2 Å². The van der Waals surface area contributed by atoms with Crippen LogP contribution in [0, 0.1) is 21.7 Å². The summed E-state index contributed by atoms with van der Waals surface area (Å²) in [4.78, 5) is 8.93. The zero-order valence-electron chi connectivity index (χ0n) is 14.5. The summed E-state index contributed by atoms with van der Waals surface area (Å²) >= 11 is 0. The summed E-state index contributed by atoms with van der Waals surface area (Å²) in [5, 5.41) is 17.8. The third-order valence-corrected chi connectivity index (χ3v) is 5.62. The summed E-state index contributed by atoms with van der Waals surface area (Å²) in [6.45, 7) is 17.8. The van der Waals surface area contributed by atoms with Gasteiger partial charge in [0.1, 0.15) is 0 Å². The van der Waals surface area contributed by atoms with Crippen LogP contribution in [-0.4, -0.2) is 23.7 Å². The Morgan fingerprint density at radius 3 is 1.00 bits per heavy atom. The van der Waals surface area contributed by atoms with E-state index in [0.29, 0.717) is 13.2 Å². The molecule has 0 aliphatic rings. The number of hydrogen-bond acceptors (Lipinski definition) is 4. The van der Waals surface area contributed by atoms with Crippen molar-refractivity contribution >= 4 is 0 Å². The smallest absolute Gasteiger partial charge is 0.0878 e. The van der Waals surface area contributed by atoms with Crippen LogP contribution in [0.25, 0.3) is 0 Å². The van der Waals surface area contributed by atoms with Crippen LogP contribution in [0.1, 0.15) is 68.2 Å². The third kappa shape index (κ3) is 4.69. The number of hydrogen-bond donors (Lipinski definition) is 2. The minimum absolute atomic E-state index is 0.00853. The van der Waals surface area contributed by atoms with Gasteiger partial charge in [-0.3, -0.25) is 10.5 Å². The van der Waals surface area contributed by atoms with Crippen LogP contribution in [0.15, 0.2) is 0 Å². The topological polar surface area (TPSA) is 58.9 Å². The molecule has 0 amide bonds. The molecule has 0 bridgehead atoms. The van der Waals surface area contributed by atoms with E-state index in [4.69, 9.17) is 10.5 Å². The summed E-state index contributed by atoms with van der Waals surface area (Å²) in [7, 11) is 0. The lowest BCUT2D eigenvalue weighted by atomic mass is 9.60. The van der Waals surface area contributed by atoms with Crippen LogP contribution in [0.2, 0.25) is 0 Å². The van der Waals surface area contributed by atoms with Gasteiger partial charge in [0.15, 0.2) is 0 Å². The lowest BCUT2D eigenvalue weighted by molar-refractivity contribution is -0.279. The quantitative estimate of drug-likeness (QED) is 0.520. The van der Waals surface area contributed by atoms with E-state index in [2.05, 4.69) is 65.2 Å². The van der Waals surface area contributed by atoms with Crippen LogP contribution in [0.3, 0.4) is 0 Å². The van der Waals surface area contributed by atoms with Crippen molar-refractivity contribution in [3.05, 3.63) is 0 Å². The molecule has 0 rings (SSSR count). The second-order valence-corrected chi connectivity index (χ2v) is 8.67. The lowest BCUT2D eigenvalue weighted by Gasteiger charge is -2.46. The van der Waals surface area contributed by atoms with Gasteiger partial charge in [0, 0.05) is 0 Å². The molecular weight excluding hydrogens is 256 g/mol. The lowest BCUT2D eigenvalue weighted by Crippen LogP contribution is -2.42. The maximum absolute atomic E-state index is 8.89. The molecule has 0 radical (unpaired) electrons. The molecule has 0 aromatic carbocycles. The standard InChI is InChI=1S/C16H34O4/c1-13(2,3)15(7,11-19-17)9-10-16(8,12-20-18)14(4,5)6/h17-18H,9-12H2,1-8H3. The van der Waals surface area contributed by atoms with Gasteiger partial charge in [-0.25, -0.2) is 9.78 Å². The van der Waals surface area contributed by atoms with Crippen molar-refractivity contribution in [3.63, 3.8) is 0 Å². The molecule has 0 saturated heterocycles. The van der Waals surface area contributed by atoms with E-state index in [-0.39, 0.29) is 21.7 Å². The van der Waals surface area contributed by atoms with E-state index in [1.54, 1.807) is 0 Å². The summed E-state index contributed by atoms with van der Waals surface area (Å²) in [6.07, 6.45) is 1.77. The molecule has 0 spiro atoms. The molecule has 0 aromatic rings. The fraction of sp³-hybridized carbons (Fsp3) is 1.00. The first-order valence-corrected chi connectivity index (χ1v) is 7.36. The van der Waals surface area contributed by atoms with E-state index >= 15 is 0 Å². The average Bonchev–Trinajstić information content (AvgIpc) is 2.24. The van der Waals surface area contributed by atoms with Gasteiger partial charge in [0.25, 0.3) is 0 Å². The molecule has 0 fully saturated rings. The average molecular weight is 290 g/mol. The maximum Gasteiger partial charge on any atom is 0.0878 e. The Morgan fingerprint density at radius 2 is 0.850 bits per heavy atom. The van der Waals surface area contributed by atoms with Gasteiger partial charge in [-0.1, -0.05) is 55.4 Å². The Kier molecular flexibility index (Phi) is 6.68. The van der Waals surface area contributed by atoms with Gasteiger partial charge in [0.2, 0.25) is 0 Å². The van der Waals surface area contributed by atoms with Crippen LogP contribution >= 0.6 is 0 Å². The highest BCUT2D eigenvalue weighted by Gasteiger charge is 2.43. The molecule has 0 saturated carbocycles. The van der Waals surface area contributed by atoms with E-state index in [0.717, 1.165) is 12.8 Å². The Hall–Kier alpha value is -0.160. The predicted molar refractivity (Wildman–Crippen MR) is 81.5 cm³/mol. The molecule has 2 N–H and O–H groups in total. The minimum atomic E-state index is -0.149. The van der Waals surface area contributed by atoms with E-state index < -0.39 is 0 Å². The van der Waals surface area contributed by atoms with Crippen molar-refractivity contribution < 1.29 is 20.3 Å². The Bertz CT molecular complexity index is 260. The van der Waals surface area contributed by atoms with E-state index in [9.17, 15) is 0 Å². The fourth-order valence-electron chi connectivity index (χ4n) is 2.16. The molecular formula is C16H34O4. The summed E-state index contributed by atoms with van der Waals surface area (Å²) in [6, 6.07) is 0. The Labute approximate surface area is 124 Å². The van der Waals surface area contributed by atoms with Gasteiger partial charge in [-0.2, -0.15) is 0 Å². The van der Waals surface area contributed by atoms with E-state index in [1.165, 1.54) is 0 Å². The zero-order chi connectivity index (χ0) is 16.2. The second-order valence-electron chi connectivity index (χ2n) is 8.67. The molecule has 4 nitrogen and oxygen atoms in total. The van der Waals surface area contributed by atoms with Crippen molar-refractivity contribution in [3.8, 4) is 0 Å². The zero-order valence-corrected chi connectivity index (χ0v) is 14.5. The fourth-order valence-corrected chi connectivity index (χ4v) is 2.16. The van der Waals surface area contributed by atoms with Gasteiger partial charge in [0.05, 0.1) is 13.2 Å². The first kappa shape index (κ1) is 19.8. The third-order valence-electron chi connectivity index (χ3n) is 5.62. The van der Waals surface area contributed by atoms with Crippen molar-refractivity contribution in [1.29, 1.82) is 0 Å². The van der Waals surface area contributed by atoms with Crippen LogP contribution < -0.4 is 0 Å². The SMILES string of the molecule is CC(C)(C)C(C)(CCC(C)(COO)C(C)(C)C)COO. The molecule has 20 heavy (non-hydrogen) atoms. The van der Waals surface area contributed by atoms with Crippen LogP contribution in [-0.2, 0) is 9.78 Å². The van der Waals surface area contributed by atoms with Crippen molar-refractivity contribution in [1.82, 2.24) is 0 Å². The normalized spacial score (nSPS) is 19.5. The highest BCUT2D eigenvalue weighted by atomic mass is 17.1. The van der Waals surface area contributed by atoms with Gasteiger partial charge in [-0.15, -0.1) is 0 Å². The van der Waals surface area contributed by atoms with Crippen LogP contribution in [0.4, 0.5) is 0 Å². The van der Waals surface area contributed by atoms with Gasteiger partial charge < -0.3 is 0 Å². The molecule has 2 atom stereocenters. The molecule has 0 aromatic heterocycles. The van der Waals surface area contributed by atoms with Crippen molar-refractivity contribution in [2.45, 2.75) is 68.2 Å². The largest absolute Gasteiger partial charge is 0.252 e. The predicted octanol–water partition coefficient (Wildman–Crippen LogP) is 4.85. The summed E-state index contributed by atoms with van der Waals surface area (Å²) < 4.78 is 0. The highest BCUT2D eigenvalue weighted by molar-refractivity contribution is 4.92. The summed E-state index contributed by atoms with van der Waals surface area (Å²) in [5.41, 5.74) is -0.281. The van der Waals surface area contributed by atoms with Gasteiger partial charge >= 0.3 is 0 Å². The Morgan fingerprint density at radius 1 is 0.600 bits per heavy atom. The first-order valence-electron chi connectivity index (χ1n) is 7.36. The molecule has 2 unspecified atom stereocenters. The maximum atomic E-state index is 8.89. The first-order chi connectivity index (χ1) is 8.83. The highest BCUT2D eigenvalue weighted by Crippen LogP contribution is 2.49. The molecule has 0 heterocycles. The van der Waals surface area contributed by atoms with Crippen molar-refractivity contribution in [2.24, 2.45) is 21.7 Å².